The molecule has 1 aliphatic carbocycles. The standard InChI is InChI=1S/C10H19NSi/c1-8-6-5-7-9(11)10(8)12(2,3)4/h5-8,10H,11H2,1-4H3. The third-order valence-corrected chi connectivity index (χ3v) is 5.25. The lowest BCUT2D eigenvalue weighted by atomic mass is 10.00. The molecule has 0 saturated carbocycles. The van der Waals surface area contributed by atoms with Crippen molar-refractivity contribution in [3.8, 4) is 0 Å². The van der Waals surface area contributed by atoms with Gasteiger partial charge in [-0.3, -0.25) is 0 Å². The van der Waals surface area contributed by atoms with Crippen molar-refractivity contribution in [1.29, 1.82) is 0 Å². The smallest absolute Gasteiger partial charge is 0.0547 e. The quantitative estimate of drug-likeness (QED) is 0.618. The molecule has 0 radical (unpaired) electrons. The molecule has 1 aliphatic rings. The van der Waals surface area contributed by atoms with Crippen molar-refractivity contribution in [3.05, 3.63) is 23.9 Å². The van der Waals surface area contributed by atoms with Crippen molar-refractivity contribution >= 4 is 8.07 Å². The average molecular weight is 181 g/mol. The fourth-order valence-electron chi connectivity index (χ4n) is 2.15. The van der Waals surface area contributed by atoms with Crippen molar-refractivity contribution < 1.29 is 0 Å². The first-order chi connectivity index (χ1) is 5.43. The molecule has 2 atom stereocenters. The van der Waals surface area contributed by atoms with Crippen LogP contribution < -0.4 is 5.73 Å². The van der Waals surface area contributed by atoms with E-state index >= 15 is 0 Å². The van der Waals surface area contributed by atoms with Gasteiger partial charge in [0.1, 0.15) is 0 Å². The number of hydrogen-bond donors (Lipinski definition) is 1. The van der Waals surface area contributed by atoms with Gasteiger partial charge in [-0.1, -0.05) is 38.7 Å². The van der Waals surface area contributed by atoms with E-state index < -0.39 is 8.07 Å². The van der Waals surface area contributed by atoms with E-state index in [1.54, 1.807) is 0 Å². The normalized spacial score (nSPS) is 30.2. The Kier molecular flexibility index (Phi) is 2.47. The summed E-state index contributed by atoms with van der Waals surface area (Å²) < 4.78 is 0. The highest BCUT2D eigenvalue weighted by molar-refractivity contribution is 6.78. The molecule has 0 aliphatic heterocycles. The molecule has 12 heavy (non-hydrogen) atoms. The topological polar surface area (TPSA) is 26.0 Å². The minimum Gasteiger partial charge on any atom is -0.402 e. The largest absolute Gasteiger partial charge is 0.402 e. The van der Waals surface area contributed by atoms with Gasteiger partial charge in [-0.15, -0.1) is 0 Å². The fourth-order valence-corrected chi connectivity index (χ4v) is 4.93. The lowest BCUT2D eigenvalue weighted by Crippen LogP contribution is -2.36. The Morgan fingerprint density at radius 2 is 1.92 bits per heavy atom. The number of nitrogens with two attached hydrogens (primary N) is 1. The van der Waals surface area contributed by atoms with Gasteiger partial charge in [-0.25, -0.2) is 0 Å². The van der Waals surface area contributed by atoms with Crippen LogP contribution in [0.25, 0.3) is 0 Å². The summed E-state index contributed by atoms with van der Waals surface area (Å²) >= 11 is 0. The maximum atomic E-state index is 6.00. The third kappa shape index (κ3) is 1.80. The number of rotatable bonds is 1. The molecule has 0 aromatic carbocycles. The molecule has 2 N–H and O–H groups in total. The molecule has 1 nitrogen and oxygen atoms in total. The van der Waals surface area contributed by atoms with Crippen LogP contribution in [0, 0.1) is 5.92 Å². The van der Waals surface area contributed by atoms with Gasteiger partial charge < -0.3 is 5.73 Å². The highest BCUT2D eigenvalue weighted by Gasteiger charge is 2.32. The highest BCUT2D eigenvalue weighted by Crippen LogP contribution is 2.37. The first-order valence-electron chi connectivity index (χ1n) is 4.57. The van der Waals surface area contributed by atoms with Crippen LogP contribution in [-0.4, -0.2) is 8.07 Å². The Morgan fingerprint density at radius 1 is 1.33 bits per heavy atom. The summed E-state index contributed by atoms with van der Waals surface area (Å²) in [6, 6.07) is 0. The van der Waals surface area contributed by atoms with Crippen LogP contribution in [0.1, 0.15) is 6.92 Å². The van der Waals surface area contributed by atoms with E-state index in [9.17, 15) is 0 Å². The Hall–Kier alpha value is -0.503. The Morgan fingerprint density at radius 3 is 2.25 bits per heavy atom. The summed E-state index contributed by atoms with van der Waals surface area (Å²) in [5, 5.41) is 0. The SMILES string of the molecule is CC1C=CC=C(N)C1[Si](C)(C)C. The van der Waals surface area contributed by atoms with Crippen molar-refractivity contribution in [2.45, 2.75) is 32.1 Å². The summed E-state index contributed by atoms with van der Waals surface area (Å²) in [7, 11) is -1.13. The predicted octanol–water partition coefficient (Wildman–Crippen LogP) is 2.74. The lowest BCUT2D eigenvalue weighted by Gasteiger charge is -2.34. The van der Waals surface area contributed by atoms with Gasteiger partial charge in [0.25, 0.3) is 0 Å². The zero-order valence-electron chi connectivity index (χ0n) is 8.46. The summed E-state index contributed by atoms with van der Waals surface area (Å²) in [5.74, 6) is 0.627. The van der Waals surface area contributed by atoms with Gasteiger partial charge in [0.05, 0.1) is 8.07 Å². The van der Waals surface area contributed by atoms with Crippen LogP contribution in [0.3, 0.4) is 0 Å². The molecule has 0 heterocycles. The molecule has 0 bridgehead atoms. The molecule has 0 aromatic rings. The van der Waals surface area contributed by atoms with Crippen LogP contribution in [0.5, 0.6) is 0 Å². The molecule has 0 amide bonds. The van der Waals surface area contributed by atoms with E-state index in [0.29, 0.717) is 11.5 Å². The second kappa shape index (κ2) is 3.09. The number of hydrogen-bond acceptors (Lipinski definition) is 1. The molecule has 1 rings (SSSR count). The number of allylic oxidation sites excluding steroid dienone is 4. The van der Waals surface area contributed by atoms with E-state index in [0.717, 1.165) is 5.70 Å². The first-order valence-corrected chi connectivity index (χ1v) is 8.14. The predicted molar refractivity (Wildman–Crippen MR) is 57.7 cm³/mol. The van der Waals surface area contributed by atoms with Gasteiger partial charge in [-0.05, 0) is 17.5 Å². The molecule has 0 fully saturated rings. The Bertz CT molecular complexity index is 222. The maximum absolute atomic E-state index is 6.00. The average Bonchev–Trinajstić information content (AvgIpc) is 1.82. The van der Waals surface area contributed by atoms with Crippen molar-refractivity contribution in [1.82, 2.24) is 0 Å². The first kappa shape index (κ1) is 9.58. The van der Waals surface area contributed by atoms with E-state index in [1.165, 1.54) is 0 Å². The molecule has 2 unspecified atom stereocenters. The van der Waals surface area contributed by atoms with Crippen LogP contribution in [0.4, 0.5) is 0 Å². The molecule has 0 aromatic heterocycles. The van der Waals surface area contributed by atoms with Crippen LogP contribution in [-0.2, 0) is 0 Å². The van der Waals surface area contributed by atoms with Crippen LogP contribution >= 0.6 is 0 Å². The minimum atomic E-state index is -1.13. The Balaban J connectivity index is 2.90. The molecular formula is C10H19NSi. The summed E-state index contributed by atoms with van der Waals surface area (Å²) in [4.78, 5) is 0. The van der Waals surface area contributed by atoms with Crippen molar-refractivity contribution in [2.24, 2.45) is 11.7 Å². The lowest BCUT2D eigenvalue weighted by molar-refractivity contribution is 0.678. The van der Waals surface area contributed by atoms with E-state index in [4.69, 9.17) is 5.73 Å². The van der Waals surface area contributed by atoms with Gasteiger partial charge >= 0.3 is 0 Å². The van der Waals surface area contributed by atoms with Gasteiger partial charge in [0.15, 0.2) is 0 Å². The van der Waals surface area contributed by atoms with Crippen molar-refractivity contribution in [3.63, 3.8) is 0 Å². The second-order valence-corrected chi connectivity index (χ2v) is 10.1. The highest BCUT2D eigenvalue weighted by atomic mass is 28.3. The maximum Gasteiger partial charge on any atom is 0.0547 e. The fraction of sp³-hybridized carbons (Fsp3) is 0.600. The van der Waals surface area contributed by atoms with E-state index in [-0.39, 0.29) is 0 Å². The summed E-state index contributed by atoms with van der Waals surface area (Å²) in [5.41, 5.74) is 7.71. The third-order valence-electron chi connectivity index (χ3n) is 2.52. The molecule has 0 saturated heterocycles. The van der Waals surface area contributed by atoms with Crippen molar-refractivity contribution in [2.75, 3.05) is 0 Å². The van der Waals surface area contributed by atoms with Gasteiger partial charge in [0.2, 0.25) is 0 Å². The second-order valence-electron chi connectivity index (χ2n) is 4.75. The molecular weight excluding hydrogens is 162 g/mol. The molecule has 68 valence electrons. The Labute approximate surface area is 76.4 Å². The molecule has 2 heteroatoms. The van der Waals surface area contributed by atoms with Gasteiger partial charge in [0, 0.05) is 5.70 Å². The minimum absolute atomic E-state index is 0.627. The zero-order valence-corrected chi connectivity index (χ0v) is 9.46. The summed E-state index contributed by atoms with van der Waals surface area (Å²) in [6.45, 7) is 9.41. The van der Waals surface area contributed by atoms with Crippen LogP contribution in [0.2, 0.25) is 25.2 Å². The van der Waals surface area contributed by atoms with E-state index in [2.05, 4.69) is 44.8 Å². The van der Waals surface area contributed by atoms with E-state index in [1.807, 2.05) is 0 Å². The molecule has 0 spiro atoms. The summed E-state index contributed by atoms with van der Waals surface area (Å²) in [6.07, 6.45) is 6.40. The zero-order chi connectivity index (χ0) is 9.35. The van der Waals surface area contributed by atoms with Crippen LogP contribution in [0.15, 0.2) is 23.9 Å². The monoisotopic (exact) mass is 181 g/mol. The van der Waals surface area contributed by atoms with Gasteiger partial charge in [-0.2, -0.15) is 0 Å².